The maximum absolute atomic E-state index is 13.0. The van der Waals surface area contributed by atoms with Gasteiger partial charge in [-0.2, -0.15) is 22.0 Å². The van der Waals surface area contributed by atoms with Crippen molar-refractivity contribution in [1.29, 1.82) is 0 Å². The number of halogens is 6. The van der Waals surface area contributed by atoms with Crippen LogP contribution in [0.15, 0.2) is 67.0 Å². The monoisotopic (exact) mass is 552 g/mol. The summed E-state index contributed by atoms with van der Waals surface area (Å²) in [7, 11) is 0. The Labute approximate surface area is 185 Å². The van der Waals surface area contributed by atoms with Gasteiger partial charge in [0.25, 0.3) is 0 Å². The number of nitrogens with zero attached hydrogens (tertiary/aromatic N) is 2. The summed E-state index contributed by atoms with van der Waals surface area (Å²) in [6.07, 6.45) is -7.91. The first-order chi connectivity index (χ1) is 14.5. The average Bonchev–Trinajstić information content (AvgIpc) is 2.69. The number of ether oxygens (including phenoxy) is 2. The van der Waals surface area contributed by atoms with E-state index in [0.717, 1.165) is 24.3 Å². The van der Waals surface area contributed by atoms with Crippen molar-refractivity contribution in [2.45, 2.75) is 12.3 Å². The molecule has 0 unspecified atom stereocenters. The van der Waals surface area contributed by atoms with Crippen molar-refractivity contribution in [2.75, 3.05) is 5.43 Å². The summed E-state index contributed by atoms with van der Waals surface area (Å²) in [6.45, 7) is 0. The molecule has 1 N–H and O–H groups in total. The minimum Gasteiger partial charge on any atom is -0.439 e. The molecule has 1 amide bonds. The molecule has 0 bridgehead atoms. The third kappa shape index (κ3) is 5.99. The van der Waals surface area contributed by atoms with Crippen LogP contribution in [0.4, 0.5) is 22.0 Å². The Morgan fingerprint density at radius 3 is 2.19 bits per heavy atom. The highest BCUT2D eigenvalue weighted by Gasteiger charge is 2.61. The number of pyridine rings is 2. The van der Waals surface area contributed by atoms with E-state index in [0.29, 0.717) is 3.70 Å². The van der Waals surface area contributed by atoms with Gasteiger partial charge in [0.05, 0.1) is 5.56 Å². The number of carbonyl (C=O) groups excluding carboxylic acids is 1. The first-order valence-corrected chi connectivity index (χ1v) is 9.48. The fourth-order valence-electron chi connectivity index (χ4n) is 2.21. The zero-order chi connectivity index (χ0) is 22.6. The van der Waals surface area contributed by atoms with Crippen molar-refractivity contribution >= 4 is 28.5 Å². The van der Waals surface area contributed by atoms with E-state index >= 15 is 0 Å². The normalized spacial score (nSPS) is 11.7. The zero-order valence-electron chi connectivity index (χ0n) is 15.2. The predicted octanol–water partition coefficient (Wildman–Crippen LogP) is 4.68. The predicted molar refractivity (Wildman–Crippen MR) is 105 cm³/mol. The lowest BCUT2D eigenvalue weighted by atomic mass is 10.2. The minimum atomic E-state index is -5.85. The third-order valence-corrected chi connectivity index (χ3v) is 4.15. The van der Waals surface area contributed by atoms with Gasteiger partial charge in [-0.25, -0.2) is 4.98 Å². The molecule has 0 saturated carbocycles. The molecule has 2 heterocycles. The number of nitrogens with one attached hydrogen (secondary N) is 1. The highest BCUT2D eigenvalue weighted by Crippen LogP contribution is 2.37. The minimum absolute atomic E-state index is 0.0180. The van der Waals surface area contributed by atoms with Gasteiger partial charge in [-0.1, -0.05) is 10.7 Å². The largest absolute Gasteiger partial charge is 0.499 e. The van der Waals surface area contributed by atoms with E-state index < -0.39 is 23.9 Å². The van der Waals surface area contributed by atoms with Crippen LogP contribution in [0.5, 0.6) is 17.4 Å². The van der Waals surface area contributed by atoms with Crippen LogP contribution >= 0.6 is 22.6 Å². The van der Waals surface area contributed by atoms with E-state index in [4.69, 9.17) is 4.74 Å². The van der Waals surface area contributed by atoms with Crippen molar-refractivity contribution in [3.05, 3.63) is 76.3 Å². The van der Waals surface area contributed by atoms with E-state index in [-0.39, 0.29) is 17.2 Å². The number of aromatic nitrogens is 2. The van der Waals surface area contributed by atoms with Crippen LogP contribution in [-0.2, 0) is 0 Å². The molecule has 162 valence electrons. The number of hydrogen-bond donors (Lipinski definition) is 1. The molecular weight excluding hydrogens is 540 g/mol. The SMILES string of the molecule is O=C(N[n+]1ccccc1)c1cc(I)nc(Oc2ccc(OC(F)(F)C(F)(F)F)cc2)c1. The molecule has 12 heteroatoms. The van der Waals surface area contributed by atoms with Crippen LogP contribution in [-0.4, -0.2) is 23.2 Å². The molecule has 2 aromatic heterocycles. The molecule has 0 fully saturated rings. The second kappa shape index (κ2) is 8.99. The molecule has 0 aliphatic rings. The van der Waals surface area contributed by atoms with Crippen molar-refractivity contribution in [3.63, 3.8) is 0 Å². The molecule has 3 rings (SSSR count). The van der Waals surface area contributed by atoms with E-state index in [1.165, 1.54) is 16.8 Å². The molecule has 0 atom stereocenters. The van der Waals surface area contributed by atoms with Gasteiger partial charge < -0.3 is 9.47 Å². The lowest BCUT2D eigenvalue weighted by molar-refractivity contribution is -0.641. The third-order valence-electron chi connectivity index (χ3n) is 3.60. The van der Waals surface area contributed by atoms with Crippen LogP contribution in [0.1, 0.15) is 10.4 Å². The Morgan fingerprint density at radius 2 is 1.58 bits per heavy atom. The summed E-state index contributed by atoms with van der Waals surface area (Å²) in [5.74, 6) is -1.05. The summed E-state index contributed by atoms with van der Waals surface area (Å²) in [5, 5.41) is 0. The Hall–Kier alpha value is -3.03. The van der Waals surface area contributed by atoms with E-state index in [1.54, 1.807) is 30.6 Å². The Kier molecular flexibility index (Phi) is 6.57. The maximum atomic E-state index is 13.0. The quantitative estimate of drug-likeness (QED) is 0.209. The van der Waals surface area contributed by atoms with Gasteiger partial charge in [-0.3, -0.25) is 4.79 Å². The molecule has 31 heavy (non-hydrogen) atoms. The highest BCUT2D eigenvalue weighted by molar-refractivity contribution is 14.1. The standard InChI is InChI=1S/C19H11F5IN3O3/c20-18(21,22)19(23,24)31-14-6-4-13(5-7-14)30-16-11-12(10-15(25)26-16)17(29)27-28-8-2-1-3-9-28/h1-11H/p+1. The molecule has 0 spiro atoms. The number of rotatable bonds is 6. The molecule has 1 aromatic carbocycles. The molecule has 3 aromatic rings. The maximum Gasteiger partial charge on any atom is 0.499 e. The summed E-state index contributed by atoms with van der Waals surface area (Å²) >= 11 is 1.88. The van der Waals surface area contributed by atoms with Crippen LogP contribution < -0.4 is 19.6 Å². The summed E-state index contributed by atoms with van der Waals surface area (Å²) < 4.78 is 73.7. The van der Waals surface area contributed by atoms with Gasteiger partial charge >= 0.3 is 18.2 Å². The van der Waals surface area contributed by atoms with Gasteiger partial charge in [0.1, 0.15) is 15.2 Å². The molecule has 0 saturated heterocycles. The first-order valence-electron chi connectivity index (χ1n) is 8.40. The average molecular weight is 552 g/mol. The summed E-state index contributed by atoms with van der Waals surface area (Å²) in [6, 6.07) is 12.1. The van der Waals surface area contributed by atoms with Crippen LogP contribution in [0, 0.1) is 3.70 Å². The van der Waals surface area contributed by atoms with Crippen LogP contribution in [0.3, 0.4) is 0 Å². The van der Waals surface area contributed by atoms with Gasteiger partial charge in [0.15, 0.2) is 12.4 Å². The van der Waals surface area contributed by atoms with Crippen LogP contribution in [0.2, 0.25) is 0 Å². The number of alkyl halides is 5. The Morgan fingerprint density at radius 1 is 0.968 bits per heavy atom. The Balaban J connectivity index is 1.72. The number of hydrogen-bond acceptors (Lipinski definition) is 4. The highest BCUT2D eigenvalue weighted by atomic mass is 127. The molecule has 0 aliphatic heterocycles. The Bertz CT molecular complexity index is 1060. The van der Waals surface area contributed by atoms with Crippen molar-refractivity contribution in [1.82, 2.24) is 4.98 Å². The summed E-state index contributed by atoms with van der Waals surface area (Å²) in [4.78, 5) is 16.5. The first kappa shape index (κ1) is 22.7. The number of benzene rings is 1. The second-order valence-corrected chi connectivity index (χ2v) is 7.04. The van der Waals surface area contributed by atoms with Gasteiger partial charge in [-0.15, -0.1) is 5.43 Å². The molecule has 0 radical (unpaired) electrons. The van der Waals surface area contributed by atoms with E-state index in [1.807, 2.05) is 22.6 Å². The smallest absolute Gasteiger partial charge is 0.439 e. The molecule has 0 aliphatic carbocycles. The number of carbonyl (C=O) groups is 1. The van der Waals surface area contributed by atoms with Gasteiger partial charge in [0.2, 0.25) is 5.88 Å². The van der Waals surface area contributed by atoms with Gasteiger partial charge in [0, 0.05) is 18.2 Å². The second-order valence-electron chi connectivity index (χ2n) is 5.93. The summed E-state index contributed by atoms with van der Waals surface area (Å²) in [5.41, 5.74) is 2.86. The fourth-order valence-corrected chi connectivity index (χ4v) is 2.79. The van der Waals surface area contributed by atoms with Crippen LogP contribution in [0.25, 0.3) is 0 Å². The van der Waals surface area contributed by atoms with Crippen molar-refractivity contribution in [3.8, 4) is 17.4 Å². The van der Waals surface area contributed by atoms with Crippen molar-refractivity contribution < 1.29 is 40.9 Å². The van der Waals surface area contributed by atoms with Gasteiger partial charge in [-0.05, 0) is 52.9 Å². The van der Waals surface area contributed by atoms with E-state index in [9.17, 15) is 26.7 Å². The number of amides is 1. The lowest BCUT2D eigenvalue weighted by Crippen LogP contribution is -2.47. The molecule has 6 nitrogen and oxygen atoms in total. The fraction of sp³-hybridized carbons (Fsp3) is 0.105. The van der Waals surface area contributed by atoms with Crippen molar-refractivity contribution in [2.24, 2.45) is 0 Å². The van der Waals surface area contributed by atoms with E-state index in [2.05, 4.69) is 15.1 Å². The zero-order valence-corrected chi connectivity index (χ0v) is 17.4. The lowest BCUT2D eigenvalue weighted by Gasteiger charge is -2.20. The topological polar surface area (TPSA) is 64.3 Å². The molecular formula is C19H12F5IN3O3+.